The van der Waals surface area contributed by atoms with Gasteiger partial charge in [0.25, 0.3) is 0 Å². The Bertz CT molecular complexity index is 740. The zero-order chi connectivity index (χ0) is 18.3. The fourth-order valence-electron chi connectivity index (χ4n) is 3.92. The van der Waals surface area contributed by atoms with E-state index in [9.17, 15) is 9.59 Å². The zero-order valence-electron chi connectivity index (χ0n) is 14.7. The van der Waals surface area contributed by atoms with Gasteiger partial charge in [-0.3, -0.25) is 9.59 Å². The number of nitrogens with one attached hydrogen (secondary N) is 1. The molecule has 2 atom stereocenters. The first-order valence-corrected chi connectivity index (χ1v) is 10.2. The van der Waals surface area contributed by atoms with Gasteiger partial charge in [0.05, 0.1) is 29.5 Å². The van der Waals surface area contributed by atoms with Crippen LogP contribution in [0.15, 0.2) is 18.2 Å². The molecule has 0 unspecified atom stereocenters. The number of ether oxygens (including phenoxy) is 1. The van der Waals surface area contributed by atoms with Crippen LogP contribution in [0.5, 0.6) is 0 Å². The summed E-state index contributed by atoms with van der Waals surface area (Å²) in [7, 11) is 0. The molecule has 1 N–H and O–H groups in total. The molecule has 0 aromatic heterocycles. The summed E-state index contributed by atoms with van der Waals surface area (Å²) in [6.45, 7) is 4.92. The van der Waals surface area contributed by atoms with Gasteiger partial charge in [0.1, 0.15) is 6.04 Å². The SMILES string of the molecule is C[C@@]12CCC(=O)N1[C@H](C(=O)Nc1cc(Cl)ccc1N1CCOCC1)CS2. The molecule has 3 heterocycles. The monoisotopic (exact) mass is 395 g/mol. The van der Waals surface area contributed by atoms with E-state index in [2.05, 4.69) is 10.2 Å². The van der Waals surface area contributed by atoms with E-state index < -0.39 is 6.04 Å². The highest BCUT2D eigenvalue weighted by Gasteiger charge is 2.52. The first kappa shape index (κ1) is 17.9. The molecule has 0 spiro atoms. The van der Waals surface area contributed by atoms with Crippen molar-refractivity contribution in [1.29, 1.82) is 0 Å². The summed E-state index contributed by atoms with van der Waals surface area (Å²) in [4.78, 5) is 29.0. The molecule has 3 aliphatic rings. The number of nitrogens with zero attached hydrogens (tertiary/aromatic N) is 2. The smallest absolute Gasteiger partial charge is 0.248 e. The number of rotatable bonds is 3. The van der Waals surface area contributed by atoms with Crippen LogP contribution < -0.4 is 10.2 Å². The maximum absolute atomic E-state index is 13.0. The molecule has 0 bridgehead atoms. The van der Waals surface area contributed by atoms with Crippen molar-refractivity contribution in [3.63, 3.8) is 0 Å². The molecule has 6 nitrogen and oxygen atoms in total. The van der Waals surface area contributed by atoms with Crippen molar-refractivity contribution in [3.05, 3.63) is 23.2 Å². The Kier molecular flexibility index (Phi) is 4.79. The van der Waals surface area contributed by atoms with Crippen molar-refractivity contribution in [3.8, 4) is 0 Å². The lowest BCUT2D eigenvalue weighted by atomic mass is 10.2. The molecule has 2 amide bonds. The van der Waals surface area contributed by atoms with Gasteiger partial charge < -0.3 is 19.9 Å². The number of carbonyl (C=O) groups excluding carboxylic acids is 2. The highest BCUT2D eigenvalue weighted by Crippen LogP contribution is 2.47. The second-order valence-electron chi connectivity index (χ2n) is 7.02. The minimum absolute atomic E-state index is 0.0668. The predicted octanol–water partition coefficient (Wildman–Crippen LogP) is 2.57. The normalized spacial score (nSPS) is 28.4. The summed E-state index contributed by atoms with van der Waals surface area (Å²) >= 11 is 7.86. The van der Waals surface area contributed by atoms with E-state index in [0.29, 0.717) is 36.1 Å². The zero-order valence-corrected chi connectivity index (χ0v) is 16.2. The van der Waals surface area contributed by atoms with Gasteiger partial charge in [0.15, 0.2) is 0 Å². The van der Waals surface area contributed by atoms with Crippen LogP contribution in [0.25, 0.3) is 0 Å². The number of morpholine rings is 1. The number of anilines is 2. The third-order valence-corrected chi connectivity index (χ3v) is 7.06. The van der Waals surface area contributed by atoms with Crippen molar-refractivity contribution in [2.24, 2.45) is 0 Å². The maximum Gasteiger partial charge on any atom is 0.248 e. The Balaban J connectivity index is 1.56. The Hall–Kier alpha value is -1.44. The van der Waals surface area contributed by atoms with Crippen LogP contribution in [0.3, 0.4) is 0 Å². The lowest BCUT2D eigenvalue weighted by Gasteiger charge is -2.32. The van der Waals surface area contributed by atoms with Gasteiger partial charge >= 0.3 is 0 Å². The number of carbonyl (C=O) groups is 2. The second kappa shape index (κ2) is 6.94. The van der Waals surface area contributed by atoms with Gasteiger partial charge in [0, 0.05) is 30.3 Å². The van der Waals surface area contributed by atoms with Crippen molar-refractivity contribution in [2.75, 3.05) is 42.3 Å². The highest BCUT2D eigenvalue weighted by atomic mass is 35.5. The van der Waals surface area contributed by atoms with E-state index >= 15 is 0 Å². The molecule has 3 saturated heterocycles. The number of hydrogen-bond acceptors (Lipinski definition) is 5. The van der Waals surface area contributed by atoms with Crippen molar-refractivity contribution < 1.29 is 14.3 Å². The molecule has 0 aliphatic carbocycles. The molecule has 3 fully saturated rings. The summed E-state index contributed by atoms with van der Waals surface area (Å²) in [5.41, 5.74) is 1.63. The Morgan fingerprint density at radius 3 is 2.92 bits per heavy atom. The van der Waals surface area contributed by atoms with Gasteiger partial charge in [-0.25, -0.2) is 0 Å². The standard InChI is InChI=1S/C18H22ClN3O3S/c1-18-5-4-16(23)22(18)15(11-26-18)17(24)20-13-10-12(19)2-3-14(13)21-6-8-25-9-7-21/h2-3,10,15H,4-9,11H2,1H3,(H,20,24)/t15-,18+/m0/s1. The maximum atomic E-state index is 13.0. The number of fused-ring (bicyclic) bond motifs is 1. The fourth-order valence-corrected chi connectivity index (χ4v) is 5.52. The summed E-state index contributed by atoms with van der Waals surface area (Å²) in [5.74, 6) is 0.548. The summed E-state index contributed by atoms with van der Waals surface area (Å²) in [5, 5.41) is 3.60. The third-order valence-electron chi connectivity index (χ3n) is 5.32. The van der Waals surface area contributed by atoms with Crippen LogP contribution in [0.1, 0.15) is 19.8 Å². The molecule has 1 aromatic rings. The number of benzene rings is 1. The van der Waals surface area contributed by atoms with E-state index in [1.54, 1.807) is 22.7 Å². The first-order valence-electron chi connectivity index (χ1n) is 8.87. The van der Waals surface area contributed by atoms with Crippen LogP contribution in [-0.4, -0.2) is 59.7 Å². The van der Waals surface area contributed by atoms with Crippen LogP contribution in [0.4, 0.5) is 11.4 Å². The van der Waals surface area contributed by atoms with Crippen molar-refractivity contribution in [1.82, 2.24) is 4.90 Å². The van der Waals surface area contributed by atoms with Crippen LogP contribution >= 0.6 is 23.4 Å². The molecule has 0 saturated carbocycles. The average Bonchev–Trinajstić information content (AvgIpc) is 3.12. The lowest BCUT2D eigenvalue weighted by Crippen LogP contribution is -2.48. The summed E-state index contributed by atoms with van der Waals surface area (Å²) < 4.78 is 5.42. The van der Waals surface area contributed by atoms with Crippen molar-refractivity contribution >= 4 is 46.6 Å². The fraction of sp³-hybridized carbons (Fsp3) is 0.556. The van der Waals surface area contributed by atoms with E-state index in [4.69, 9.17) is 16.3 Å². The molecule has 3 aliphatic heterocycles. The largest absolute Gasteiger partial charge is 0.378 e. The quantitative estimate of drug-likeness (QED) is 0.852. The van der Waals surface area contributed by atoms with Crippen LogP contribution in [-0.2, 0) is 14.3 Å². The van der Waals surface area contributed by atoms with Gasteiger partial charge in [-0.2, -0.15) is 0 Å². The van der Waals surface area contributed by atoms with Gasteiger partial charge in [-0.15, -0.1) is 11.8 Å². The molecule has 8 heteroatoms. The lowest BCUT2D eigenvalue weighted by molar-refractivity contribution is -0.135. The molecule has 4 rings (SSSR count). The van der Waals surface area contributed by atoms with Crippen LogP contribution in [0.2, 0.25) is 5.02 Å². The number of thioether (sulfide) groups is 1. The van der Waals surface area contributed by atoms with Crippen molar-refractivity contribution in [2.45, 2.75) is 30.7 Å². The Labute approximate surface area is 162 Å². The molecule has 0 radical (unpaired) electrons. The summed E-state index contributed by atoms with van der Waals surface area (Å²) in [6.07, 6.45) is 1.32. The average molecular weight is 396 g/mol. The molecular weight excluding hydrogens is 374 g/mol. The third kappa shape index (κ3) is 3.17. The van der Waals surface area contributed by atoms with E-state index in [0.717, 1.165) is 25.2 Å². The van der Waals surface area contributed by atoms with E-state index in [-0.39, 0.29) is 16.7 Å². The predicted molar refractivity (Wildman–Crippen MR) is 104 cm³/mol. The molecular formula is C18H22ClN3O3S. The Morgan fingerprint density at radius 2 is 2.15 bits per heavy atom. The van der Waals surface area contributed by atoms with Crippen LogP contribution in [0, 0.1) is 0 Å². The second-order valence-corrected chi connectivity index (χ2v) is 8.95. The Morgan fingerprint density at radius 1 is 1.38 bits per heavy atom. The van der Waals surface area contributed by atoms with E-state index in [1.807, 2.05) is 19.1 Å². The topological polar surface area (TPSA) is 61.9 Å². The summed E-state index contributed by atoms with van der Waals surface area (Å²) in [6, 6.07) is 5.10. The van der Waals surface area contributed by atoms with Gasteiger partial charge in [-0.05, 0) is 31.5 Å². The minimum Gasteiger partial charge on any atom is -0.378 e. The first-order chi connectivity index (χ1) is 12.5. The number of halogens is 1. The van der Waals surface area contributed by atoms with Gasteiger partial charge in [0.2, 0.25) is 11.8 Å². The molecule has 140 valence electrons. The number of amides is 2. The number of hydrogen-bond donors (Lipinski definition) is 1. The molecule has 26 heavy (non-hydrogen) atoms. The highest BCUT2D eigenvalue weighted by molar-refractivity contribution is 8.01. The minimum atomic E-state index is -0.434. The molecule has 1 aromatic carbocycles. The van der Waals surface area contributed by atoms with Gasteiger partial charge in [-0.1, -0.05) is 11.6 Å². The van der Waals surface area contributed by atoms with E-state index in [1.165, 1.54) is 0 Å².